The first-order valence-corrected chi connectivity index (χ1v) is 12.0. The van der Waals surface area contributed by atoms with Crippen molar-refractivity contribution < 1.29 is 4.74 Å². The van der Waals surface area contributed by atoms with Crippen molar-refractivity contribution in [2.45, 2.75) is 38.6 Å². The highest BCUT2D eigenvalue weighted by atomic mass is 16.5. The average Bonchev–Trinajstić information content (AvgIpc) is 3.36. The number of anilines is 2. The van der Waals surface area contributed by atoms with E-state index in [2.05, 4.69) is 51.5 Å². The fourth-order valence-corrected chi connectivity index (χ4v) is 4.66. The number of rotatable bonds is 8. The number of likely N-dealkylation sites (tertiary alicyclic amines) is 1. The van der Waals surface area contributed by atoms with Crippen LogP contribution in [0.15, 0.2) is 48.5 Å². The molecule has 32 heavy (non-hydrogen) atoms. The van der Waals surface area contributed by atoms with Crippen LogP contribution in [0.5, 0.6) is 5.75 Å². The third-order valence-electron chi connectivity index (χ3n) is 6.42. The van der Waals surface area contributed by atoms with Gasteiger partial charge in [-0.15, -0.1) is 0 Å². The Balaban J connectivity index is 1.18. The number of fused-ring (bicyclic) bond motifs is 1. The molecule has 0 bridgehead atoms. The molecular formula is C26H33N5O. The number of hydrogen-bond acceptors (Lipinski definition) is 6. The van der Waals surface area contributed by atoms with Crippen LogP contribution in [-0.4, -0.2) is 54.2 Å². The Morgan fingerprint density at radius 3 is 2.38 bits per heavy atom. The number of aromatic nitrogens is 2. The van der Waals surface area contributed by atoms with Crippen LogP contribution in [0.2, 0.25) is 0 Å². The lowest BCUT2D eigenvalue weighted by Crippen LogP contribution is -2.31. The molecule has 1 N–H and O–H groups in total. The van der Waals surface area contributed by atoms with Crippen LogP contribution in [0, 0.1) is 0 Å². The summed E-state index contributed by atoms with van der Waals surface area (Å²) in [6, 6.07) is 16.8. The summed E-state index contributed by atoms with van der Waals surface area (Å²) in [7, 11) is 0. The first-order valence-electron chi connectivity index (χ1n) is 12.0. The predicted octanol–water partition coefficient (Wildman–Crippen LogP) is 4.71. The number of piperidine rings is 1. The second kappa shape index (κ2) is 10.2. The zero-order valence-corrected chi connectivity index (χ0v) is 18.8. The number of benzene rings is 2. The summed E-state index contributed by atoms with van der Waals surface area (Å²) in [5.74, 6) is 2.64. The van der Waals surface area contributed by atoms with E-state index in [1.54, 1.807) is 0 Å². The highest BCUT2D eigenvalue weighted by Crippen LogP contribution is 2.25. The highest BCUT2D eigenvalue weighted by molar-refractivity contribution is 5.90. The van der Waals surface area contributed by atoms with Gasteiger partial charge in [-0.25, -0.2) is 4.98 Å². The van der Waals surface area contributed by atoms with Crippen molar-refractivity contribution in [3.05, 3.63) is 54.1 Å². The molecule has 6 heteroatoms. The molecule has 3 heterocycles. The average molecular weight is 432 g/mol. The molecule has 0 unspecified atom stereocenters. The topological polar surface area (TPSA) is 53.5 Å². The van der Waals surface area contributed by atoms with Crippen molar-refractivity contribution in [1.82, 2.24) is 14.9 Å². The molecule has 2 aliphatic rings. The second-order valence-corrected chi connectivity index (χ2v) is 8.84. The van der Waals surface area contributed by atoms with Crippen LogP contribution < -0.4 is 15.0 Å². The maximum absolute atomic E-state index is 5.98. The number of nitrogens with one attached hydrogen (secondary N) is 1. The SMILES string of the molecule is c1ccc2c(NCCOc3ccc(CN4CCCC4)cc3)nc(N3CCCCC3)nc2c1. The largest absolute Gasteiger partial charge is 0.492 e. The van der Waals surface area contributed by atoms with Crippen molar-refractivity contribution in [1.29, 1.82) is 0 Å². The number of nitrogens with zero attached hydrogens (tertiary/aromatic N) is 4. The molecule has 0 saturated carbocycles. The maximum Gasteiger partial charge on any atom is 0.227 e. The minimum absolute atomic E-state index is 0.586. The Morgan fingerprint density at radius 1 is 0.812 bits per heavy atom. The first-order chi connectivity index (χ1) is 15.8. The molecule has 0 amide bonds. The number of ether oxygens (including phenoxy) is 1. The van der Waals surface area contributed by atoms with Gasteiger partial charge in [-0.05, 0) is 75.0 Å². The molecule has 0 spiro atoms. The fourth-order valence-electron chi connectivity index (χ4n) is 4.66. The summed E-state index contributed by atoms with van der Waals surface area (Å²) in [5.41, 5.74) is 2.34. The zero-order chi connectivity index (χ0) is 21.6. The lowest BCUT2D eigenvalue weighted by atomic mass is 10.1. The molecule has 2 aliphatic heterocycles. The number of para-hydroxylation sites is 1. The maximum atomic E-state index is 5.98. The first kappa shape index (κ1) is 21.0. The second-order valence-electron chi connectivity index (χ2n) is 8.84. The van der Waals surface area contributed by atoms with E-state index in [0.717, 1.165) is 48.1 Å². The summed E-state index contributed by atoms with van der Waals surface area (Å²) in [6.45, 7) is 6.84. The van der Waals surface area contributed by atoms with Gasteiger partial charge in [0.1, 0.15) is 18.2 Å². The van der Waals surface area contributed by atoms with Crippen molar-refractivity contribution in [3.8, 4) is 5.75 Å². The zero-order valence-electron chi connectivity index (χ0n) is 18.8. The van der Waals surface area contributed by atoms with Crippen molar-refractivity contribution in [2.75, 3.05) is 49.5 Å². The van der Waals surface area contributed by atoms with Crippen LogP contribution in [0.25, 0.3) is 10.9 Å². The van der Waals surface area contributed by atoms with Gasteiger partial charge in [0, 0.05) is 25.0 Å². The van der Waals surface area contributed by atoms with Crippen LogP contribution in [-0.2, 0) is 6.54 Å². The standard InChI is InChI=1S/C26H33N5O/c1-4-17-31(18-5-1)26-28-24-9-3-2-8-23(24)25(29-26)27-14-19-32-22-12-10-21(11-13-22)20-30-15-6-7-16-30/h2-3,8-13H,1,4-7,14-20H2,(H,27,28,29). The van der Waals surface area contributed by atoms with E-state index in [1.807, 2.05) is 12.1 Å². The molecule has 2 fully saturated rings. The van der Waals surface area contributed by atoms with Gasteiger partial charge < -0.3 is 15.0 Å². The molecule has 0 aliphatic carbocycles. The molecule has 2 aromatic carbocycles. The normalized spacial score (nSPS) is 17.1. The molecular weight excluding hydrogens is 398 g/mol. The Hall–Kier alpha value is -2.86. The van der Waals surface area contributed by atoms with E-state index < -0.39 is 0 Å². The smallest absolute Gasteiger partial charge is 0.227 e. The molecule has 1 aromatic heterocycles. The summed E-state index contributed by atoms with van der Waals surface area (Å²) in [6.07, 6.45) is 6.38. The predicted molar refractivity (Wildman–Crippen MR) is 131 cm³/mol. The van der Waals surface area contributed by atoms with Crippen molar-refractivity contribution in [2.24, 2.45) is 0 Å². The summed E-state index contributed by atoms with van der Waals surface area (Å²) in [4.78, 5) is 14.5. The molecule has 0 atom stereocenters. The Morgan fingerprint density at radius 2 is 1.56 bits per heavy atom. The minimum Gasteiger partial charge on any atom is -0.492 e. The molecule has 3 aromatic rings. The molecule has 0 radical (unpaired) electrons. The fraction of sp³-hybridized carbons (Fsp3) is 0.462. The molecule has 168 valence electrons. The van der Waals surface area contributed by atoms with E-state index in [0.29, 0.717) is 13.2 Å². The Labute approximate surface area is 190 Å². The van der Waals surface area contributed by atoms with E-state index in [9.17, 15) is 0 Å². The van der Waals surface area contributed by atoms with Crippen molar-refractivity contribution >= 4 is 22.7 Å². The molecule has 2 saturated heterocycles. The van der Waals surface area contributed by atoms with Gasteiger partial charge in [0.15, 0.2) is 0 Å². The van der Waals surface area contributed by atoms with E-state index in [-0.39, 0.29) is 0 Å². The monoisotopic (exact) mass is 431 g/mol. The quantitative estimate of drug-likeness (QED) is 0.522. The van der Waals surface area contributed by atoms with Gasteiger partial charge in [-0.2, -0.15) is 4.98 Å². The van der Waals surface area contributed by atoms with Crippen LogP contribution in [0.1, 0.15) is 37.7 Å². The summed E-state index contributed by atoms with van der Waals surface area (Å²) >= 11 is 0. The van der Waals surface area contributed by atoms with Gasteiger partial charge in [-0.3, -0.25) is 4.90 Å². The van der Waals surface area contributed by atoms with E-state index in [4.69, 9.17) is 14.7 Å². The van der Waals surface area contributed by atoms with E-state index in [1.165, 1.54) is 50.8 Å². The Kier molecular flexibility index (Phi) is 6.68. The van der Waals surface area contributed by atoms with Crippen LogP contribution >= 0.6 is 0 Å². The van der Waals surface area contributed by atoms with Crippen molar-refractivity contribution in [3.63, 3.8) is 0 Å². The van der Waals surface area contributed by atoms with Gasteiger partial charge in [-0.1, -0.05) is 24.3 Å². The van der Waals surface area contributed by atoms with Crippen LogP contribution in [0.3, 0.4) is 0 Å². The van der Waals surface area contributed by atoms with E-state index >= 15 is 0 Å². The van der Waals surface area contributed by atoms with Gasteiger partial charge >= 0.3 is 0 Å². The third-order valence-corrected chi connectivity index (χ3v) is 6.42. The lowest BCUT2D eigenvalue weighted by molar-refractivity contribution is 0.327. The lowest BCUT2D eigenvalue weighted by Gasteiger charge is -2.27. The summed E-state index contributed by atoms with van der Waals surface area (Å²) < 4.78 is 5.98. The third kappa shape index (κ3) is 5.13. The van der Waals surface area contributed by atoms with Gasteiger partial charge in [0.05, 0.1) is 12.1 Å². The minimum atomic E-state index is 0.586. The molecule has 5 rings (SSSR count). The Bertz CT molecular complexity index is 1010. The summed E-state index contributed by atoms with van der Waals surface area (Å²) in [5, 5.41) is 4.54. The van der Waals surface area contributed by atoms with Crippen LogP contribution in [0.4, 0.5) is 11.8 Å². The number of hydrogen-bond donors (Lipinski definition) is 1. The molecule has 6 nitrogen and oxygen atoms in total. The highest BCUT2D eigenvalue weighted by Gasteiger charge is 2.16. The van der Waals surface area contributed by atoms with Gasteiger partial charge in [0.25, 0.3) is 0 Å². The van der Waals surface area contributed by atoms with Gasteiger partial charge in [0.2, 0.25) is 5.95 Å².